The number of halogens is 3. The fraction of sp³-hybridized carbons (Fsp3) is 0.613. The molecule has 0 atom stereocenters. The van der Waals surface area contributed by atoms with Crippen molar-refractivity contribution < 1.29 is 17.9 Å². The van der Waals surface area contributed by atoms with E-state index in [9.17, 15) is 13.2 Å². The second kappa shape index (κ2) is 11.4. The molecule has 3 fully saturated rings. The summed E-state index contributed by atoms with van der Waals surface area (Å²) >= 11 is 0. The average Bonchev–Trinajstić information content (AvgIpc) is 2.88. The second-order valence-corrected chi connectivity index (χ2v) is 11.1. The summed E-state index contributed by atoms with van der Waals surface area (Å²) in [5.74, 6) is 0.615. The molecule has 3 aliphatic carbocycles. The smallest absolute Gasteiger partial charge is 0.389 e. The molecule has 4 heteroatoms. The maximum absolute atomic E-state index is 12.3. The molecule has 2 bridgehead atoms. The van der Waals surface area contributed by atoms with Crippen LogP contribution in [0.15, 0.2) is 48.5 Å². The van der Waals surface area contributed by atoms with Crippen LogP contribution in [0, 0.1) is 5.41 Å². The molecule has 0 unspecified atom stereocenters. The number of rotatable bonds is 12. The topological polar surface area (TPSA) is 9.23 Å². The molecule has 0 spiro atoms. The lowest BCUT2D eigenvalue weighted by Crippen LogP contribution is -2.44. The van der Waals surface area contributed by atoms with Gasteiger partial charge in [-0.05, 0) is 91.0 Å². The molecule has 3 aliphatic rings. The van der Waals surface area contributed by atoms with E-state index in [1.54, 1.807) is 0 Å². The highest BCUT2D eigenvalue weighted by Crippen LogP contribution is 2.59. The SMILES string of the molecule is CCCCCCCC12CCC(c3ccc(-c4ccc(OCCCC(F)(F)F)cc4)cc3)(CC1)CC2. The first-order valence-corrected chi connectivity index (χ1v) is 13.7. The number of fused-ring (bicyclic) bond motifs is 3. The van der Waals surface area contributed by atoms with E-state index in [0.29, 0.717) is 16.6 Å². The molecular weight excluding hydrogens is 445 g/mol. The van der Waals surface area contributed by atoms with Crippen molar-refractivity contribution in [1.82, 2.24) is 0 Å². The largest absolute Gasteiger partial charge is 0.494 e. The first-order chi connectivity index (χ1) is 16.8. The fourth-order valence-electron chi connectivity index (χ4n) is 6.40. The van der Waals surface area contributed by atoms with Crippen LogP contribution >= 0.6 is 0 Å². The number of benzene rings is 2. The third-order valence-corrected chi connectivity index (χ3v) is 8.77. The van der Waals surface area contributed by atoms with Gasteiger partial charge in [-0.25, -0.2) is 0 Å². The zero-order chi connectivity index (χ0) is 24.8. The van der Waals surface area contributed by atoms with Crippen LogP contribution in [0.2, 0.25) is 0 Å². The summed E-state index contributed by atoms with van der Waals surface area (Å²) in [5.41, 5.74) is 4.77. The van der Waals surface area contributed by atoms with Crippen LogP contribution in [0.25, 0.3) is 11.1 Å². The van der Waals surface area contributed by atoms with Gasteiger partial charge in [0.2, 0.25) is 0 Å². The van der Waals surface area contributed by atoms with Gasteiger partial charge in [0.05, 0.1) is 6.61 Å². The van der Waals surface area contributed by atoms with E-state index in [1.807, 2.05) is 24.3 Å². The van der Waals surface area contributed by atoms with Crippen LogP contribution in [-0.4, -0.2) is 12.8 Å². The van der Waals surface area contributed by atoms with Gasteiger partial charge in [-0.3, -0.25) is 0 Å². The third kappa shape index (κ3) is 6.83. The molecule has 0 radical (unpaired) electrons. The molecule has 192 valence electrons. The van der Waals surface area contributed by atoms with Crippen molar-refractivity contribution in [1.29, 1.82) is 0 Å². The van der Waals surface area contributed by atoms with Gasteiger partial charge in [-0.1, -0.05) is 75.4 Å². The van der Waals surface area contributed by atoms with Crippen molar-refractivity contribution >= 4 is 0 Å². The summed E-state index contributed by atoms with van der Waals surface area (Å²) in [5, 5.41) is 0. The summed E-state index contributed by atoms with van der Waals surface area (Å²) < 4.78 is 42.2. The van der Waals surface area contributed by atoms with Crippen LogP contribution in [0.3, 0.4) is 0 Å². The molecule has 5 rings (SSSR count). The molecule has 2 aromatic carbocycles. The highest BCUT2D eigenvalue weighted by atomic mass is 19.4. The minimum atomic E-state index is -4.12. The van der Waals surface area contributed by atoms with Crippen LogP contribution in [0.4, 0.5) is 13.2 Å². The minimum absolute atomic E-state index is 0.0193. The first kappa shape index (κ1) is 26.1. The average molecular weight is 487 g/mol. The summed E-state index contributed by atoms with van der Waals surface area (Å²) in [6.45, 7) is 2.36. The zero-order valence-corrected chi connectivity index (χ0v) is 21.3. The highest BCUT2D eigenvalue weighted by Gasteiger charge is 2.48. The molecule has 35 heavy (non-hydrogen) atoms. The van der Waals surface area contributed by atoms with Gasteiger partial charge in [-0.15, -0.1) is 0 Å². The van der Waals surface area contributed by atoms with E-state index in [4.69, 9.17) is 4.74 Å². The van der Waals surface area contributed by atoms with Crippen molar-refractivity contribution in [2.45, 2.75) is 108 Å². The van der Waals surface area contributed by atoms with Crippen molar-refractivity contribution in [3.63, 3.8) is 0 Å². The molecule has 1 nitrogen and oxygen atoms in total. The lowest BCUT2D eigenvalue weighted by Gasteiger charge is -2.54. The van der Waals surface area contributed by atoms with E-state index in [-0.39, 0.29) is 13.0 Å². The minimum Gasteiger partial charge on any atom is -0.494 e. The molecule has 0 aliphatic heterocycles. The Bertz CT molecular complexity index is 889. The standard InChI is InChI=1S/C31H41F3O/c1-2-3-4-5-6-16-29-18-21-30(22-19-29,23-20-29)27-12-8-25(9-13-27)26-10-14-28(15-11-26)35-24-7-17-31(32,33)34/h8-15H,2-7,16-24H2,1H3. The van der Waals surface area contributed by atoms with Crippen molar-refractivity contribution in [3.8, 4) is 16.9 Å². The van der Waals surface area contributed by atoms with Gasteiger partial charge in [0, 0.05) is 6.42 Å². The van der Waals surface area contributed by atoms with Crippen molar-refractivity contribution in [3.05, 3.63) is 54.1 Å². The van der Waals surface area contributed by atoms with E-state index in [1.165, 1.54) is 88.2 Å². The van der Waals surface area contributed by atoms with Crippen LogP contribution in [0.1, 0.15) is 102 Å². The molecular formula is C31H41F3O. The first-order valence-electron chi connectivity index (χ1n) is 13.7. The summed E-state index contributed by atoms with van der Waals surface area (Å²) in [7, 11) is 0. The second-order valence-electron chi connectivity index (χ2n) is 11.1. The van der Waals surface area contributed by atoms with Gasteiger partial charge >= 0.3 is 6.18 Å². The molecule has 2 aromatic rings. The predicted octanol–water partition coefficient (Wildman–Crippen LogP) is 10.0. The Hall–Kier alpha value is -1.97. The van der Waals surface area contributed by atoms with Gasteiger partial charge in [0.1, 0.15) is 5.75 Å². The molecule has 3 saturated carbocycles. The summed E-state index contributed by atoms with van der Waals surface area (Å²) in [4.78, 5) is 0. The Morgan fingerprint density at radius 2 is 1.29 bits per heavy atom. The highest BCUT2D eigenvalue weighted by molar-refractivity contribution is 5.64. The van der Waals surface area contributed by atoms with Gasteiger partial charge in [-0.2, -0.15) is 13.2 Å². The van der Waals surface area contributed by atoms with E-state index in [2.05, 4.69) is 31.2 Å². The lowest BCUT2D eigenvalue weighted by atomic mass is 9.51. The molecule has 0 amide bonds. The van der Waals surface area contributed by atoms with E-state index >= 15 is 0 Å². The molecule has 0 heterocycles. The van der Waals surface area contributed by atoms with E-state index < -0.39 is 12.6 Å². The van der Waals surface area contributed by atoms with Crippen LogP contribution in [-0.2, 0) is 5.41 Å². The maximum Gasteiger partial charge on any atom is 0.389 e. The molecule has 0 N–H and O–H groups in total. The summed E-state index contributed by atoms with van der Waals surface area (Å²) in [6, 6.07) is 16.8. The number of alkyl halides is 3. The number of hydrogen-bond donors (Lipinski definition) is 0. The van der Waals surface area contributed by atoms with Crippen LogP contribution in [0.5, 0.6) is 5.75 Å². The number of hydrogen-bond acceptors (Lipinski definition) is 1. The van der Waals surface area contributed by atoms with Crippen LogP contribution < -0.4 is 4.74 Å². The lowest BCUT2D eigenvalue weighted by molar-refractivity contribution is -0.136. The van der Waals surface area contributed by atoms with Crippen molar-refractivity contribution in [2.24, 2.45) is 5.41 Å². The van der Waals surface area contributed by atoms with Crippen molar-refractivity contribution in [2.75, 3.05) is 6.61 Å². The zero-order valence-electron chi connectivity index (χ0n) is 21.3. The number of ether oxygens (including phenoxy) is 1. The van der Waals surface area contributed by atoms with Gasteiger partial charge < -0.3 is 4.74 Å². The maximum atomic E-state index is 12.3. The molecule has 0 aromatic heterocycles. The third-order valence-electron chi connectivity index (χ3n) is 8.77. The van der Waals surface area contributed by atoms with Gasteiger partial charge in [0.25, 0.3) is 0 Å². The van der Waals surface area contributed by atoms with E-state index in [0.717, 1.165) is 5.56 Å². The normalized spacial score (nSPS) is 24.0. The Balaban J connectivity index is 1.29. The quantitative estimate of drug-likeness (QED) is 0.271. The Morgan fingerprint density at radius 1 is 0.714 bits per heavy atom. The Morgan fingerprint density at radius 3 is 1.86 bits per heavy atom. The fourth-order valence-corrected chi connectivity index (χ4v) is 6.40. The monoisotopic (exact) mass is 486 g/mol. The summed E-state index contributed by atoms with van der Waals surface area (Å²) in [6.07, 6.45) is 11.6. The molecule has 0 saturated heterocycles. The number of unbranched alkanes of at least 4 members (excludes halogenated alkanes) is 4. The predicted molar refractivity (Wildman–Crippen MR) is 138 cm³/mol. The Labute approximate surface area is 209 Å². The van der Waals surface area contributed by atoms with Gasteiger partial charge in [0.15, 0.2) is 0 Å². The Kier molecular flexibility index (Phi) is 8.50.